The quantitative estimate of drug-likeness (QED) is 0.700. The van der Waals surface area contributed by atoms with Gasteiger partial charge >= 0.3 is 0 Å². The first-order valence-corrected chi connectivity index (χ1v) is 11.4. The van der Waals surface area contributed by atoms with E-state index in [9.17, 15) is 14.7 Å². The summed E-state index contributed by atoms with van der Waals surface area (Å²) in [6, 6.07) is 8.12. The topological polar surface area (TPSA) is 75.4 Å². The van der Waals surface area contributed by atoms with Gasteiger partial charge in [-0.3, -0.25) is 14.2 Å². The normalized spacial score (nSPS) is 23.3. The molecule has 1 aliphatic heterocycles. The fourth-order valence-corrected chi connectivity index (χ4v) is 5.79. The molecule has 0 unspecified atom stereocenters. The zero-order chi connectivity index (χ0) is 20.8. The summed E-state index contributed by atoms with van der Waals surface area (Å²) in [4.78, 5) is 32.9. The lowest BCUT2D eigenvalue weighted by Crippen LogP contribution is -2.32. The highest BCUT2D eigenvalue weighted by Crippen LogP contribution is 2.38. The van der Waals surface area contributed by atoms with Crippen molar-refractivity contribution in [2.75, 3.05) is 13.1 Å². The first kappa shape index (κ1) is 19.5. The Morgan fingerprint density at radius 3 is 2.80 bits per heavy atom. The first-order chi connectivity index (χ1) is 14.5. The molecule has 7 heteroatoms. The van der Waals surface area contributed by atoms with Crippen molar-refractivity contribution in [3.05, 3.63) is 51.9 Å². The maximum Gasteiger partial charge on any atom is 0.262 e. The van der Waals surface area contributed by atoms with Crippen LogP contribution in [0.25, 0.3) is 21.3 Å². The molecule has 0 bridgehead atoms. The second-order valence-electron chi connectivity index (χ2n) is 8.56. The zero-order valence-corrected chi connectivity index (χ0v) is 17.8. The summed E-state index contributed by atoms with van der Waals surface area (Å²) >= 11 is 1.47. The Morgan fingerprint density at radius 2 is 2.03 bits per heavy atom. The molecule has 1 N–H and O–H groups in total. The van der Waals surface area contributed by atoms with Crippen LogP contribution in [0.1, 0.15) is 24.8 Å². The first-order valence-electron chi connectivity index (χ1n) is 10.5. The summed E-state index contributed by atoms with van der Waals surface area (Å²) in [5.74, 6) is 0.692. The summed E-state index contributed by atoms with van der Waals surface area (Å²) in [6.07, 6.45) is 3.39. The smallest absolute Gasteiger partial charge is 0.262 e. The van der Waals surface area contributed by atoms with Gasteiger partial charge in [-0.25, -0.2) is 4.98 Å². The second kappa shape index (κ2) is 7.63. The van der Waals surface area contributed by atoms with Gasteiger partial charge in [0, 0.05) is 42.9 Å². The molecule has 1 saturated carbocycles. The molecule has 2 fully saturated rings. The van der Waals surface area contributed by atoms with Gasteiger partial charge in [0.25, 0.3) is 5.56 Å². The SMILES string of the molecule is Cc1ccc(-c2csc3ncn(CCC(=O)N4C[C@@H]5CC[C@H](O)[C@H]5C4)c(=O)c23)cc1. The molecule has 0 radical (unpaired) electrons. The van der Waals surface area contributed by atoms with Gasteiger partial charge < -0.3 is 10.0 Å². The maximum atomic E-state index is 13.2. The van der Waals surface area contributed by atoms with Gasteiger partial charge in [0.15, 0.2) is 0 Å². The molecular weight excluding hydrogens is 398 g/mol. The van der Waals surface area contributed by atoms with Gasteiger partial charge in [-0.2, -0.15) is 0 Å². The van der Waals surface area contributed by atoms with Gasteiger partial charge in [0.2, 0.25) is 5.91 Å². The van der Waals surface area contributed by atoms with Crippen LogP contribution in [-0.2, 0) is 11.3 Å². The van der Waals surface area contributed by atoms with Crippen LogP contribution in [0.3, 0.4) is 0 Å². The number of amides is 1. The standard InChI is InChI=1S/C23H25N3O3S/c1-14-2-4-15(5-3-14)18-12-30-22-21(18)23(29)25(13-24-22)9-8-20(28)26-10-16-6-7-19(27)17(16)11-26/h2-5,12-13,16-17,19,27H,6-11H2,1H3/t16-,17-,19-/m0/s1. The second-order valence-corrected chi connectivity index (χ2v) is 9.41. The maximum absolute atomic E-state index is 13.2. The number of hydrogen-bond acceptors (Lipinski definition) is 5. The van der Waals surface area contributed by atoms with E-state index in [0.29, 0.717) is 24.4 Å². The fraction of sp³-hybridized carbons (Fsp3) is 0.435. The van der Waals surface area contributed by atoms with Gasteiger partial charge in [-0.15, -0.1) is 11.3 Å². The Labute approximate surface area is 178 Å². The van der Waals surface area contributed by atoms with Gasteiger partial charge in [-0.1, -0.05) is 29.8 Å². The average molecular weight is 424 g/mol. The van der Waals surface area contributed by atoms with Crippen molar-refractivity contribution in [2.24, 2.45) is 11.8 Å². The fourth-order valence-electron chi connectivity index (χ4n) is 4.89. The number of aliphatic hydroxyl groups excluding tert-OH is 1. The summed E-state index contributed by atoms with van der Waals surface area (Å²) in [7, 11) is 0. The molecule has 156 valence electrons. The molecule has 1 aliphatic carbocycles. The minimum atomic E-state index is -0.277. The number of rotatable bonds is 4. The van der Waals surface area contributed by atoms with E-state index < -0.39 is 0 Å². The lowest BCUT2D eigenvalue weighted by molar-refractivity contribution is -0.130. The predicted octanol–water partition coefficient (Wildman–Crippen LogP) is 3.05. The van der Waals surface area contributed by atoms with Crippen LogP contribution >= 0.6 is 11.3 Å². The third-order valence-corrected chi connectivity index (χ3v) is 7.55. The van der Waals surface area contributed by atoms with E-state index in [1.807, 2.05) is 41.5 Å². The van der Waals surface area contributed by atoms with E-state index in [2.05, 4.69) is 4.98 Å². The summed E-state index contributed by atoms with van der Waals surface area (Å²) in [6.45, 7) is 3.72. The Bertz CT molecular complexity index is 1150. The molecule has 0 spiro atoms. The number of thiophene rings is 1. The van der Waals surface area contributed by atoms with Gasteiger partial charge in [0.05, 0.1) is 17.8 Å². The van der Waals surface area contributed by atoms with Crippen LogP contribution < -0.4 is 5.56 Å². The van der Waals surface area contributed by atoms with E-state index in [-0.39, 0.29) is 29.9 Å². The number of aryl methyl sites for hydroxylation is 2. The van der Waals surface area contributed by atoms with E-state index >= 15 is 0 Å². The van der Waals surface area contributed by atoms with Crippen LogP contribution in [-0.4, -0.2) is 44.7 Å². The average Bonchev–Trinajstić information content (AvgIpc) is 3.44. The lowest BCUT2D eigenvalue weighted by Gasteiger charge is -2.18. The molecule has 6 nitrogen and oxygen atoms in total. The van der Waals surface area contributed by atoms with Crippen LogP contribution in [0.4, 0.5) is 0 Å². The lowest BCUT2D eigenvalue weighted by atomic mass is 10.00. The Kier molecular flexibility index (Phi) is 4.95. The molecule has 1 amide bonds. The van der Waals surface area contributed by atoms with Gasteiger partial charge in [0.1, 0.15) is 4.83 Å². The van der Waals surface area contributed by atoms with Gasteiger partial charge in [-0.05, 0) is 31.2 Å². The van der Waals surface area contributed by atoms with Crippen molar-refractivity contribution in [3.8, 4) is 11.1 Å². The van der Waals surface area contributed by atoms with E-state index in [0.717, 1.165) is 35.3 Å². The predicted molar refractivity (Wildman–Crippen MR) is 117 cm³/mol. The number of carbonyl (C=O) groups excluding carboxylic acids is 1. The molecule has 1 saturated heterocycles. The highest BCUT2D eigenvalue weighted by atomic mass is 32.1. The van der Waals surface area contributed by atoms with E-state index in [1.54, 1.807) is 10.9 Å². The molecule has 1 aromatic carbocycles. The monoisotopic (exact) mass is 423 g/mol. The number of hydrogen-bond donors (Lipinski definition) is 1. The Balaban J connectivity index is 1.34. The molecule has 3 aromatic rings. The number of likely N-dealkylation sites (tertiary alicyclic amines) is 1. The largest absolute Gasteiger partial charge is 0.393 e. The highest BCUT2D eigenvalue weighted by Gasteiger charge is 2.43. The van der Waals surface area contributed by atoms with Crippen LogP contribution in [0, 0.1) is 18.8 Å². The molecule has 5 rings (SSSR count). The van der Waals surface area contributed by atoms with E-state index in [4.69, 9.17) is 0 Å². The number of nitrogens with zero attached hydrogens (tertiary/aromatic N) is 3. The zero-order valence-electron chi connectivity index (χ0n) is 17.0. The molecule has 2 aromatic heterocycles. The summed E-state index contributed by atoms with van der Waals surface area (Å²) in [5.41, 5.74) is 2.97. The van der Waals surface area contributed by atoms with Crippen molar-refractivity contribution in [3.63, 3.8) is 0 Å². The molecule has 3 atom stereocenters. The summed E-state index contributed by atoms with van der Waals surface area (Å²) < 4.78 is 1.55. The Hall–Kier alpha value is -2.51. The number of fused-ring (bicyclic) bond motifs is 2. The Morgan fingerprint density at radius 1 is 1.23 bits per heavy atom. The van der Waals surface area contributed by atoms with Crippen molar-refractivity contribution >= 4 is 27.5 Å². The van der Waals surface area contributed by atoms with Crippen molar-refractivity contribution in [2.45, 2.75) is 38.8 Å². The van der Waals surface area contributed by atoms with Crippen molar-refractivity contribution in [1.82, 2.24) is 14.5 Å². The van der Waals surface area contributed by atoms with Crippen molar-refractivity contribution < 1.29 is 9.90 Å². The van der Waals surface area contributed by atoms with Crippen LogP contribution in [0.5, 0.6) is 0 Å². The highest BCUT2D eigenvalue weighted by molar-refractivity contribution is 7.17. The van der Waals surface area contributed by atoms with Crippen molar-refractivity contribution in [1.29, 1.82) is 0 Å². The third kappa shape index (κ3) is 3.36. The molecule has 30 heavy (non-hydrogen) atoms. The number of aliphatic hydroxyl groups is 1. The molecule has 3 heterocycles. The number of carbonyl (C=O) groups is 1. The summed E-state index contributed by atoms with van der Waals surface area (Å²) in [5, 5.41) is 12.7. The number of aromatic nitrogens is 2. The van der Waals surface area contributed by atoms with E-state index in [1.165, 1.54) is 16.9 Å². The van der Waals surface area contributed by atoms with Crippen LogP contribution in [0.2, 0.25) is 0 Å². The number of benzene rings is 1. The minimum absolute atomic E-state index is 0.0488. The third-order valence-electron chi connectivity index (χ3n) is 6.66. The van der Waals surface area contributed by atoms with Crippen LogP contribution in [0.15, 0.2) is 40.8 Å². The molecular formula is C23H25N3O3S. The minimum Gasteiger partial charge on any atom is -0.393 e. The molecule has 2 aliphatic rings.